The van der Waals surface area contributed by atoms with Gasteiger partial charge in [0.2, 0.25) is 0 Å². The number of hydrogen-bond donors (Lipinski definition) is 0. The van der Waals surface area contributed by atoms with Crippen LogP contribution in [-0.4, -0.2) is 36.0 Å². The summed E-state index contributed by atoms with van der Waals surface area (Å²) in [6.45, 7) is 10.4. The summed E-state index contributed by atoms with van der Waals surface area (Å²) in [6.07, 6.45) is 2.03. The number of rotatable bonds is 8. The van der Waals surface area contributed by atoms with Gasteiger partial charge in [0.25, 0.3) is 0 Å². The number of carbonyl (C=O) groups is 2. The molecule has 0 bridgehead atoms. The summed E-state index contributed by atoms with van der Waals surface area (Å²) in [5.74, 6) is -1.43. The second-order valence-corrected chi connectivity index (χ2v) is 13.7. The predicted molar refractivity (Wildman–Crippen MR) is 154 cm³/mol. The maximum Gasteiger partial charge on any atom is 0.441 e. The lowest BCUT2D eigenvalue weighted by Crippen LogP contribution is -2.58. The molecular weight excluding hydrogens is 586 g/mol. The Morgan fingerprint density at radius 2 is 1.59 bits per heavy atom. The normalized spacial score (nSPS) is 31.7. The van der Waals surface area contributed by atoms with Crippen molar-refractivity contribution in [1.82, 2.24) is 0 Å². The van der Waals surface area contributed by atoms with Crippen molar-refractivity contribution >= 4 is 11.9 Å². The molecule has 44 heavy (non-hydrogen) atoms. The van der Waals surface area contributed by atoms with Crippen LogP contribution in [0.2, 0.25) is 0 Å². The first kappa shape index (κ1) is 34.4. The Morgan fingerprint density at radius 1 is 0.932 bits per heavy atom. The fourth-order valence-corrected chi connectivity index (χ4v) is 8.61. The van der Waals surface area contributed by atoms with Crippen LogP contribution in [0.1, 0.15) is 98.3 Å². The summed E-state index contributed by atoms with van der Waals surface area (Å²) in [5, 5.41) is 0. The number of allylic oxidation sites excluding steroid dienone is 4. The molecule has 2 unspecified atom stereocenters. The molecule has 10 heteroatoms. The first-order chi connectivity index (χ1) is 20.4. The van der Waals surface area contributed by atoms with Gasteiger partial charge in [-0.2, -0.15) is 26.3 Å². The molecular formula is C34H44F6O4. The lowest BCUT2D eigenvalue weighted by molar-refractivity contribution is -0.350. The standard InChI is InChI=1S/C34H44F6O4/c1-21-24(9-6-11-28(21)43-22(2)41)12-13-25-10-7-18-31(5)27(25)16-17-29(31)30(4,26-14-15-26)19-8-20-32(33(35,36)37,34(38,39)40)44-23(3)42/h8,12-13,20,26-29H,1,6-7,9-11,14-19H2,2-5H3/b20-8+,24-12-,25-13+/t27?,28-,29+,30?,31-/m0/s1. The van der Waals surface area contributed by atoms with Gasteiger partial charge in [0.15, 0.2) is 0 Å². The smallest absolute Gasteiger partial charge is 0.441 e. The van der Waals surface area contributed by atoms with Crippen molar-refractivity contribution in [1.29, 1.82) is 0 Å². The van der Waals surface area contributed by atoms with Gasteiger partial charge in [0.1, 0.15) is 6.10 Å². The van der Waals surface area contributed by atoms with Crippen LogP contribution in [0.4, 0.5) is 26.3 Å². The molecule has 4 fully saturated rings. The average molecular weight is 631 g/mol. The minimum Gasteiger partial charge on any atom is -0.458 e. The zero-order valence-electron chi connectivity index (χ0n) is 26.0. The van der Waals surface area contributed by atoms with E-state index in [1.807, 2.05) is 6.92 Å². The number of hydrogen-bond acceptors (Lipinski definition) is 4. The van der Waals surface area contributed by atoms with Crippen molar-refractivity contribution in [2.75, 3.05) is 0 Å². The summed E-state index contributed by atoms with van der Waals surface area (Å²) in [4.78, 5) is 22.9. The van der Waals surface area contributed by atoms with E-state index in [2.05, 4.69) is 30.4 Å². The van der Waals surface area contributed by atoms with Gasteiger partial charge in [-0.1, -0.05) is 44.2 Å². The number of alkyl halides is 6. The highest BCUT2D eigenvalue weighted by molar-refractivity contribution is 5.67. The van der Waals surface area contributed by atoms with Crippen molar-refractivity contribution in [2.45, 2.75) is 122 Å². The number of ether oxygens (including phenoxy) is 2. The molecule has 0 saturated heterocycles. The Kier molecular flexibility index (Phi) is 9.64. The molecule has 246 valence electrons. The molecule has 0 N–H and O–H groups in total. The third-order valence-corrected chi connectivity index (χ3v) is 10.8. The largest absolute Gasteiger partial charge is 0.458 e. The molecule has 0 aromatic rings. The topological polar surface area (TPSA) is 52.6 Å². The maximum absolute atomic E-state index is 13.9. The molecule has 0 heterocycles. The predicted octanol–water partition coefficient (Wildman–Crippen LogP) is 9.52. The third-order valence-electron chi connectivity index (χ3n) is 10.8. The summed E-state index contributed by atoms with van der Waals surface area (Å²) < 4.78 is 92.7. The number of fused-ring (bicyclic) bond motifs is 1. The molecule has 4 nitrogen and oxygen atoms in total. The van der Waals surface area contributed by atoms with Crippen LogP contribution in [0.15, 0.2) is 47.6 Å². The molecule has 0 aromatic heterocycles. The molecule has 5 atom stereocenters. The zero-order chi connectivity index (χ0) is 32.7. The lowest BCUT2D eigenvalue weighted by atomic mass is 9.55. The van der Waals surface area contributed by atoms with E-state index in [0.29, 0.717) is 6.92 Å². The van der Waals surface area contributed by atoms with Gasteiger partial charge < -0.3 is 9.47 Å². The molecule has 4 aliphatic rings. The van der Waals surface area contributed by atoms with Gasteiger partial charge in [-0.05, 0) is 116 Å². The molecule has 0 amide bonds. The van der Waals surface area contributed by atoms with Crippen molar-refractivity contribution in [3.05, 3.63) is 47.6 Å². The van der Waals surface area contributed by atoms with E-state index in [1.54, 1.807) is 0 Å². The van der Waals surface area contributed by atoms with Gasteiger partial charge in [0.05, 0.1) is 0 Å². The number of esters is 2. The van der Waals surface area contributed by atoms with Gasteiger partial charge in [-0.3, -0.25) is 9.59 Å². The summed E-state index contributed by atoms with van der Waals surface area (Å²) in [7, 11) is 0. The van der Waals surface area contributed by atoms with E-state index in [1.165, 1.54) is 12.5 Å². The van der Waals surface area contributed by atoms with E-state index in [4.69, 9.17) is 4.74 Å². The molecule has 0 radical (unpaired) electrons. The van der Waals surface area contributed by atoms with Crippen LogP contribution in [-0.2, 0) is 19.1 Å². The van der Waals surface area contributed by atoms with Crippen LogP contribution < -0.4 is 0 Å². The van der Waals surface area contributed by atoms with Crippen LogP contribution >= 0.6 is 0 Å². The molecule has 0 aliphatic heterocycles. The van der Waals surface area contributed by atoms with Gasteiger partial charge in [-0.25, -0.2) is 0 Å². The van der Waals surface area contributed by atoms with Crippen molar-refractivity contribution in [3.8, 4) is 0 Å². The lowest BCUT2D eigenvalue weighted by Gasteiger charge is -2.49. The number of halogens is 6. The molecule has 0 aromatic carbocycles. The minimum absolute atomic E-state index is 0.0162. The summed E-state index contributed by atoms with van der Waals surface area (Å²) >= 11 is 0. The highest BCUT2D eigenvalue weighted by Crippen LogP contribution is 2.67. The Hall–Kier alpha value is -2.52. The third kappa shape index (κ3) is 6.55. The maximum atomic E-state index is 13.9. The van der Waals surface area contributed by atoms with Crippen molar-refractivity contribution in [3.63, 3.8) is 0 Å². The highest BCUT2D eigenvalue weighted by atomic mass is 19.4. The zero-order valence-corrected chi connectivity index (χ0v) is 26.0. The first-order valence-corrected chi connectivity index (χ1v) is 15.6. The van der Waals surface area contributed by atoms with Crippen LogP contribution in [0.25, 0.3) is 0 Å². The Morgan fingerprint density at radius 3 is 2.16 bits per heavy atom. The molecule has 0 spiro atoms. The van der Waals surface area contributed by atoms with E-state index < -0.39 is 29.3 Å². The van der Waals surface area contributed by atoms with Crippen molar-refractivity contribution < 1.29 is 45.4 Å². The second kappa shape index (κ2) is 12.3. The fourth-order valence-electron chi connectivity index (χ4n) is 8.61. The first-order valence-electron chi connectivity index (χ1n) is 15.6. The van der Waals surface area contributed by atoms with E-state index in [0.717, 1.165) is 81.4 Å². The van der Waals surface area contributed by atoms with E-state index in [9.17, 15) is 35.9 Å². The van der Waals surface area contributed by atoms with Crippen LogP contribution in [0.5, 0.6) is 0 Å². The monoisotopic (exact) mass is 630 g/mol. The minimum atomic E-state index is -5.87. The highest BCUT2D eigenvalue weighted by Gasteiger charge is 2.73. The van der Waals surface area contributed by atoms with Gasteiger partial charge >= 0.3 is 29.9 Å². The summed E-state index contributed by atoms with van der Waals surface area (Å²) in [6, 6.07) is 0. The van der Waals surface area contributed by atoms with Gasteiger partial charge in [0, 0.05) is 13.8 Å². The molecule has 4 saturated carbocycles. The van der Waals surface area contributed by atoms with E-state index in [-0.39, 0.29) is 47.7 Å². The molecule has 4 aliphatic carbocycles. The Bertz CT molecular complexity index is 1210. The van der Waals surface area contributed by atoms with E-state index >= 15 is 0 Å². The summed E-state index contributed by atoms with van der Waals surface area (Å²) in [5.41, 5.74) is -2.15. The van der Waals surface area contributed by atoms with Crippen LogP contribution in [0.3, 0.4) is 0 Å². The van der Waals surface area contributed by atoms with Crippen LogP contribution in [0, 0.1) is 28.6 Å². The Labute approximate surface area is 256 Å². The average Bonchev–Trinajstić information content (AvgIpc) is 3.69. The van der Waals surface area contributed by atoms with Crippen molar-refractivity contribution in [2.24, 2.45) is 28.6 Å². The quantitative estimate of drug-likeness (QED) is 0.152. The van der Waals surface area contributed by atoms with Gasteiger partial charge in [-0.15, -0.1) is 0 Å². The molecule has 4 rings (SSSR count). The fraction of sp³-hybridized carbons (Fsp3) is 0.706. The Balaban J connectivity index is 1.60. The second-order valence-electron chi connectivity index (χ2n) is 13.7. The SMILES string of the molecule is C=C1/C(=C\C=C2/CCC[C@@]3(C)C2CC[C@@H]3C(C)(C/C=C/C(OC(C)=O)(C(F)(F)F)C(F)(F)F)C2CC2)CCC[C@@H]1OC(C)=O. The number of carbonyl (C=O) groups excluding carboxylic acids is 2.